The number of nitrogens with one attached hydrogen (secondary N) is 1. The van der Waals surface area contributed by atoms with Crippen molar-refractivity contribution in [2.75, 3.05) is 12.4 Å². The third-order valence-corrected chi connectivity index (χ3v) is 4.31. The van der Waals surface area contributed by atoms with Crippen LogP contribution in [-0.4, -0.2) is 29.1 Å². The predicted molar refractivity (Wildman–Crippen MR) is 93.3 cm³/mol. The van der Waals surface area contributed by atoms with E-state index in [2.05, 4.69) is 10.3 Å². The molecule has 8 heteroatoms. The maximum atomic E-state index is 14.4. The minimum atomic E-state index is -1.19. The molecule has 0 spiro atoms. The molecule has 1 amide bonds. The summed E-state index contributed by atoms with van der Waals surface area (Å²) in [5.41, 5.74) is 0.145. The summed E-state index contributed by atoms with van der Waals surface area (Å²) >= 11 is 0. The maximum Gasteiger partial charge on any atom is 0.332 e. The third-order valence-electron chi connectivity index (χ3n) is 4.31. The van der Waals surface area contributed by atoms with Crippen LogP contribution in [0.5, 0.6) is 5.88 Å². The number of nitrogens with zero attached hydrogens (tertiary/aromatic N) is 1. The highest BCUT2D eigenvalue weighted by Crippen LogP contribution is 2.31. The summed E-state index contributed by atoms with van der Waals surface area (Å²) in [6, 6.07) is 5.25. The number of pyridine rings is 1. The Balaban J connectivity index is 1.90. The Labute approximate surface area is 153 Å². The zero-order valence-corrected chi connectivity index (χ0v) is 14.4. The van der Waals surface area contributed by atoms with E-state index in [1.54, 1.807) is 6.07 Å². The third kappa shape index (κ3) is 3.79. The molecule has 1 aromatic heterocycles. The fraction of sp³-hybridized carbons (Fsp3) is 0.211. The van der Waals surface area contributed by atoms with Gasteiger partial charge in [0.2, 0.25) is 5.88 Å². The Hall–Kier alpha value is -3.29. The van der Waals surface area contributed by atoms with E-state index in [-0.39, 0.29) is 29.6 Å². The topological polar surface area (TPSA) is 88.5 Å². The molecule has 6 nitrogen and oxygen atoms in total. The molecule has 0 atom stereocenters. The SMILES string of the molecule is COc1cc(-c2cc(F)c(NC(=O)C3=C(C(=O)O)CCC3)c(F)c2)ccn1. The van der Waals surface area contributed by atoms with Crippen LogP contribution in [0, 0.1) is 11.6 Å². The van der Waals surface area contributed by atoms with Crippen molar-refractivity contribution in [3.63, 3.8) is 0 Å². The molecule has 140 valence electrons. The van der Waals surface area contributed by atoms with Gasteiger partial charge in [-0.2, -0.15) is 0 Å². The Morgan fingerprint density at radius 2 is 1.78 bits per heavy atom. The molecular weight excluding hydrogens is 358 g/mol. The van der Waals surface area contributed by atoms with Gasteiger partial charge < -0.3 is 15.2 Å². The van der Waals surface area contributed by atoms with Gasteiger partial charge in [-0.1, -0.05) is 0 Å². The van der Waals surface area contributed by atoms with E-state index >= 15 is 0 Å². The standard InChI is InChI=1S/C19H16F2N2O4/c1-27-16-9-10(5-6-22-16)11-7-14(20)17(15(21)8-11)23-18(24)12-3-2-4-13(12)19(25)26/h5-9H,2-4H2,1H3,(H,23,24)(H,25,26). The first kappa shape index (κ1) is 18.5. The minimum absolute atomic E-state index is 0.0196. The number of ether oxygens (including phenoxy) is 1. The molecular formula is C19H16F2N2O4. The van der Waals surface area contributed by atoms with Crippen molar-refractivity contribution in [3.8, 4) is 17.0 Å². The lowest BCUT2D eigenvalue weighted by molar-refractivity contribution is -0.133. The summed E-state index contributed by atoms with van der Waals surface area (Å²) in [6.07, 6.45) is 2.47. The van der Waals surface area contributed by atoms with Crippen LogP contribution in [-0.2, 0) is 9.59 Å². The molecule has 2 N–H and O–H groups in total. The molecule has 0 radical (unpaired) electrons. The Kier molecular flexibility index (Phi) is 5.16. The first-order valence-electron chi connectivity index (χ1n) is 8.17. The van der Waals surface area contributed by atoms with E-state index in [9.17, 15) is 18.4 Å². The van der Waals surface area contributed by atoms with Gasteiger partial charge in [-0.3, -0.25) is 4.79 Å². The van der Waals surface area contributed by atoms with Gasteiger partial charge in [-0.15, -0.1) is 0 Å². The summed E-state index contributed by atoms with van der Waals surface area (Å²) in [5, 5.41) is 11.3. The predicted octanol–water partition coefficient (Wildman–Crippen LogP) is 3.54. The molecule has 0 fully saturated rings. The normalized spacial score (nSPS) is 13.6. The fourth-order valence-corrected chi connectivity index (χ4v) is 2.98. The van der Waals surface area contributed by atoms with Gasteiger partial charge in [0, 0.05) is 23.4 Å². The quantitative estimate of drug-likeness (QED) is 0.836. The van der Waals surface area contributed by atoms with Gasteiger partial charge >= 0.3 is 5.97 Å². The number of methoxy groups -OCH3 is 1. The lowest BCUT2D eigenvalue weighted by Crippen LogP contribution is -2.18. The lowest BCUT2D eigenvalue weighted by Gasteiger charge is -2.11. The number of hydrogen-bond donors (Lipinski definition) is 2. The number of carbonyl (C=O) groups is 2. The number of halogens is 2. The van der Waals surface area contributed by atoms with Crippen molar-refractivity contribution >= 4 is 17.6 Å². The van der Waals surface area contributed by atoms with Crippen LogP contribution in [0.3, 0.4) is 0 Å². The van der Waals surface area contributed by atoms with E-state index in [1.807, 2.05) is 0 Å². The highest BCUT2D eigenvalue weighted by Gasteiger charge is 2.26. The van der Waals surface area contributed by atoms with Crippen molar-refractivity contribution in [2.45, 2.75) is 19.3 Å². The molecule has 1 heterocycles. The molecule has 0 unspecified atom stereocenters. The van der Waals surface area contributed by atoms with E-state index < -0.39 is 29.2 Å². The van der Waals surface area contributed by atoms with Crippen LogP contribution in [0.15, 0.2) is 41.6 Å². The Morgan fingerprint density at radius 3 is 2.41 bits per heavy atom. The smallest absolute Gasteiger partial charge is 0.332 e. The molecule has 0 saturated heterocycles. The molecule has 1 aliphatic carbocycles. The summed E-state index contributed by atoms with van der Waals surface area (Å²) in [7, 11) is 1.43. The van der Waals surface area contributed by atoms with Gasteiger partial charge in [0.15, 0.2) is 0 Å². The van der Waals surface area contributed by atoms with Crippen molar-refractivity contribution in [3.05, 3.63) is 53.2 Å². The first-order valence-corrected chi connectivity index (χ1v) is 8.17. The minimum Gasteiger partial charge on any atom is -0.481 e. The molecule has 1 aliphatic rings. The second-order valence-electron chi connectivity index (χ2n) is 5.97. The fourth-order valence-electron chi connectivity index (χ4n) is 2.98. The van der Waals surface area contributed by atoms with Crippen LogP contribution in [0.2, 0.25) is 0 Å². The van der Waals surface area contributed by atoms with Crippen molar-refractivity contribution < 1.29 is 28.2 Å². The van der Waals surface area contributed by atoms with E-state index in [4.69, 9.17) is 9.84 Å². The highest BCUT2D eigenvalue weighted by molar-refractivity contribution is 6.09. The van der Waals surface area contributed by atoms with Crippen LogP contribution >= 0.6 is 0 Å². The number of aliphatic carboxylic acids is 1. The van der Waals surface area contributed by atoms with E-state index in [0.717, 1.165) is 12.1 Å². The number of amides is 1. The first-order chi connectivity index (χ1) is 12.9. The van der Waals surface area contributed by atoms with Crippen LogP contribution in [0.25, 0.3) is 11.1 Å². The van der Waals surface area contributed by atoms with E-state index in [0.29, 0.717) is 17.9 Å². The Bertz CT molecular complexity index is 933. The molecule has 2 aromatic rings. The maximum absolute atomic E-state index is 14.4. The van der Waals surface area contributed by atoms with Crippen LogP contribution < -0.4 is 10.1 Å². The summed E-state index contributed by atoms with van der Waals surface area (Å²) in [4.78, 5) is 27.4. The second kappa shape index (κ2) is 7.53. The number of carboxylic acid groups (broad SMARTS) is 1. The summed E-state index contributed by atoms with van der Waals surface area (Å²) in [6.45, 7) is 0. The molecule has 1 aromatic carbocycles. The molecule has 27 heavy (non-hydrogen) atoms. The van der Waals surface area contributed by atoms with Gasteiger partial charge in [0.25, 0.3) is 5.91 Å². The lowest BCUT2D eigenvalue weighted by atomic mass is 10.1. The molecule has 0 bridgehead atoms. The summed E-state index contributed by atoms with van der Waals surface area (Å²) < 4.78 is 33.9. The largest absolute Gasteiger partial charge is 0.481 e. The number of rotatable bonds is 5. The zero-order chi connectivity index (χ0) is 19.6. The molecule has 0 saturated carbocycles. The van der Waals surface area contributed by atoms with E-state index in [1.165, 1.54) is 19.4 Å². The number of hydrogen-bond acceptors (Lipinski definition) is 4. The van der Waals surface area contributed by atoms with Gasteiger partial charge in [-0.05, 0) is 48.6 Å². The number of anilines is 1. The highest BCUT2D eigenvalue weighted by atomic mass is 19.1. The van der Waals surface area contributed by atoms with Crippen molar-refractivity contribution in [1.82, 2.24) is 4.98 Å². The van der Waals surface area contributed by atoms with Gasteiger partial charge in [-0.25, -0.2) is 18.6 Å². The number of carbonyl (C=O) groups excluding carboxylic acids is 1. The number of carboxylic acids is 1. The summed E-state index contributed by atoms with van der Waals surface area (Å²) in [5.74, 6) is -3.64. The molecule has 0 aliphatic heterocycles. The number of aromatic nitrogens is 1. The van der Waals surface area contributed by atoms with Crippen molar-refractivity contribution in [1.29, 1.82) is 0 Å². The average molecular weight is 374 g/mol. The number of benzene rings is 1. The zero-order valence-electron chi connectivity index (χ0n) is 14.4. The van der Waals surface area contributed by atoms with Crippen LogP contribution in [0.1, 0.15) is 19.3 Å². The van der Waals surface area contributed by atoms with Gasteiger partial charge in [0.05, 0.1) is 7.11 Å². The molecule has 3 rings (SSSR count). The van der Waals surface area contributed by atoms with Crippen LogP contribution in [0.4, 0.5) is 14.5 Å². The average Bonchev–Trinajstić information content (AvgIpc) is 3.14. The Morgan fingerprint density at radius 1 is 1.11 bits per heavy atom. The van der Waals surface area contributed by atoms with Gasteiger partial charge in [0.1, 0.15) is 17.3 Å². The second-order valence-corrected chi connectivity index (χ2v) is 5.97. The monoisotopic (exact) mass is 374 g/mol. The van der Waals surface area contributed by atoms with Crippen molar-refractivity contribution in [2.24, 2.45) is 0 Å².